The molecular formula is C15H19NO. The number of likely N-dealkylation sites (tertiary alicyclic amines) is 1. The normalized spacial score (nSPS) is 25.4. The third-order valence-corrected chi connectivity index (χ3v) is 3.66. The second kappa shape index (κ2) is 5.35. The van der Waals surface area contributed by atoms with Crippen LogP contribution in [-0.4, -0.2) is 36.2 Å². The highest BCUT2D eigenvalue weighted by molar-refractivity contribution is 5.27. The summed E-state index contributed by atoms with van der Waals surface area (Å²) in [7, 11) is 0. The first-order valence-corrected chi connectivity index (χ1v) is 6.13. The summed E-state index contributed by atoms with van der Waals surface area (Å²) in [5, 5.41) is 9.80. The summed E-state index contributed by atoms with van der Waals surface area (Å²) in [4.78, 5) is 2.26. The van der Waals surface area contributed by atoms with Crippen LogP contribution < -0.4 is 0 Å². The van der Waals surface area contributed by atoms with Crippen molar-refractivity contribution in [1.82, 2.24) is 4.90 Å². The van der Waals surface area contributed by atoms with Crippen LogP contribution in [-0.2, 0) is 5.41 Å². The van der Waals surface area contributed by atoms with Gasteiger partial charge in [-0.1, -0.05) is 36.3 Å². The van der Waals surface area contributed by atoms with Crippen molar-refractivity contribution in [2.24, 2.45) is 0 Å². The van der Waals surface area contributed by atoms with Gasteiger partial charge in [-0.25, -0.2) is 0 Å². The minimum absolute atomic E-state index is 0.129. The molecule has 1 N–H and O–H groups in total. The molecule has 0 bridgehead atoms. The fourth-order valence-electron chi connectivity index (χ4n) is 2.74. The minimum atomic E-state index is -0.129. The Morgan fingerprint density at radius 1 is 1.35 bits per heavy atom. The molecule has 1 aliphatic rings. The lowest BCUT2D eigenvalue weighted by molar-refractivity contribution is 0.0975. The summed E-state index contributed by atoms with van der Waals surface area (Å²) in [6.07, 6.45) is 7.50. The predicted octanol–water partition coefficient (Wildman–Crippen LogP) is 1.65. The van der Waals surface area contributed by atoms with Crippen molar-refractivity contribution in [2.45, 2.75) is 18.3 Å². The molecule has 1 aliphatic heterocycles. The SMILES string of the molecule is C#CCN1CCCC(CO)(c2ccccc2)C1. The van der Waals surface area contributed by atoms with Gasteiger partial charge in [0.05, 0.1) is 13.2 Å². The average molecular weight is 229 g/mol. The van der Waals surface area contributed by atoms with E-state index in [1.165, 1.54) is 5.56 Å². The van der Waals surface area contributed by atoms with Crippen LogP contribution in [0.4, 0.5) is 0 Å². The summed E-state index contributed by atoms with van der Waals surface area (Å²) < 4.78 is 0. The molecule has 0 saturated carbocycles. The van der Waals surface area contributed by atoms with E-state index in [4.69, 9.17) is 6.42 Å². The van der Waals surface area contributed by atoms with E-state index in [9.17, 15) is 5.11 Å². The first-order valence-electron chi connectivity index (χ1n) is 6.13. The maximum absolute atomic E-state index is 9.80. The van der Waals surface area contributed by atoms with Crippen LogP contribution in [0.5, 0.6) is 0 Å². The highest BCUT2D eigenvalue weighted by Crippen LogP contribution is 2.33. The molecule has 90 valence electrons. The van der Waals surface area contributed by atoms with E-state index < -0.39 is 0 Å². The van der Waals surface area contributed by atoms with Gasteiger partial charge < -0.3 is 5.11 Å². The van der Waals surface area contributed by atoms with Crippen LogP contribution in [0.15, 0.2) is 30.3 Å². The Morgan fingerprint density at radius 3 is 2.76 bits per heavy atom. The van der Waals surface area contributed by atoms with Gasteiger partial charge in [-0.15, -0.1) is 6.42 Å². The number of aliphatic hydroxyl groups is 1. The molecule has 1 saturated heterocycles. The Morgan fingerprint density at radius 2 is 2.12 bits per heavy atom. The van der Waals surface area contributed by atoms with Crippen LogP contribution >= 0.6 is 0 Å². The van der Waals surface area contributed by atoms with E-state index in [2.05, 4.69) is 23.0 Å². The highest BCUT2D eigenvalue weighted by Gasteiger charge is 2.36. The van der Waals surface area contributed by atoms with Crippen molar-refractivity contribution in [2.75, 3.05) is 26.2 Å². The molecule has 0 radical (unpaired) electrons. The molecule has 0 aliphatic carbocycles. The van der Waals surface area contributed by atoms with Crippen molar-refractivity contribution in [3.8, 4) is 12.3 Å². The Kier molecular flexibility index (Phi) is 3.83. The van der Waals surface area contributed by atoms with E-state index in [-0.39, 0.29) is 12.0 Å². The maximum Gasteiger partial charge on any atom is 0.0599 e. The topological polar surface area (TPSA) is 23.5 Å². The van der Waals surface area contributed by atoms with Crippen LogP contribution in [0, 0.1) is 12.3 Å². The van der Waals surface area contributed by atoms with Gasteiger partial charge in [0.2, 0.25) is 0 Å². The van der Waals surface area contributed by atoms with Gasteiger partial charge in [0, 0.05) is 12.0 Å². The van der Waals surface area contributed by atoms with E-state index in [1.807, 2.05) is 18.2 Å². The lowest BCUT2D eigenvalue weighted by Gasteiger charge is -2.41. The summed E-state index contributed by atoms with van der Waals surface area (Å²) in [5.41, 5.74) is 1.10. The van der Waals surface area contributed by atoms with E-state index in [0.717, 1.165) is 25.9 Å². The Hall–Kier alpha value is -1.30. The van der Waals surface area contributed by atoms with Crippen LogP contribution in [0.2, 0.25) is 0 Å². The molecule has 17 heavy (non-hydrogen) atoms. The van der Waals surface area contributed by atoms with Crippen LogP contribution in [0.3, 0.4) is 0 Å². The molecule has 1 aromatic carbocycles. The standard InChI is InChI=1S/C15H19NO/c1-2-10-16-11-6-9-15(12-16,13-17)14-7-4-3-5-8-14/h1,3-5,7-8,17H,6,9-13H2. The van der Waals surface area contributed by atoms with E-state index >= 15 is 0 Å². The van der Waals surface area contributed by atoms with Gasteiger partial charge in [-0.05, 0) is 24.9 Å². The number of hydrogen-bond acceptors (Lipinski definition) is 2. The summed E-state index contributed by atoms with van der Waals surface area (Å²) in [6.45, 7) is 2.77. The smallest absolute Gasteiger partial charge is 0.0599 e. The second-order valence-corrected chi connectivity index (χ2v) is 4.82. The fraction of sp³-hybridized carbons (Fsp3) is 0.467. The molecule has 2 heteroatoms. The number of hydrogen-bond donors (Lipinski definition) is 1. The average Bonchev–Trinajstić information content (AvgIpc) is 2.40. The second-order valence-electron chi connectivity index (χ2n) is 4.82. The number of aliphatic hydroxyl groups excluding tert-OH is 1. The molecule has 2 rings (SSSR count). The molecule has 2 nitrogen and oxygen atoms in total. The third-order valence-electron chi connectivity index (χ3n) is 3.66. The molecular weight excluding hydrogens is 210 g/mol. The fourth-order valence-corrected chi connectivity index (χ4v) is 2.74. The quantitative estimate of drug-likeness (QED) is 0.797. The zero-order valence-corrected chi connectivity index (χ0v) is 10.1. The summed E-state index contributed by atoms with van der Waals surface area (Å²) in [5.74, 6) is 2.70. The first-order chi connectivity index (χ1) is 8.30. The molecule has 1 fully saturated rings. The van der Waals surface area contributed by atoms with Crippen LogP contribution in [0.1, 0.15) is 18.4 Å². The number of benzene rings is 1. The van der Waals surface area contributed by atoms with Crippen molar-refractivity contribution in [3.05, 3.63) is 35.9 Å². The number of nitrogens with zero attached hydrogens (tertiary/aromatic N) is 1. The Bertz CT molecular complexity index is 395. The number of rotatable bonds is 3. The largest absolute Gasteiger partial charge is 0.395 e. The molecule has 0 aromatic heterocycles. The van der Waals surface area contributed by atoms with Gasteiger partial charge in [0.25, 0.3) is 0 Å². The Labute approximate surface area is 103 Å². The minimum Gasteiger partial charge on any atom is -0.395 e. The Balaban J connectivity index is 2.22. The van der Waals surface area contributed by atoms with E-state index in [0.29, 0.717) is 6.54 Å². The van der Waals surface area contributed by atoms with Crippen molar-refractivity contribution in [3.63, 3.8) is 0 Å². The van der Waals surface area contributed by atoms with Crippen LogP contribution in [0.25, 0.3) is 0 Å². The molecule has 0 spiro atoms. The zero-order chi connectivity index (χ0) is 12.1. The summed E-state index contributed by atoms with van der Waals surface area (Å²) >= 11 is 0. The molecule has 1 unspecified atom stereocenters. The van der Waals surface area contributed by atoms with Crippen molar-refractivity contribution in [1.29, 1.82) is 0 Å². The number of piperidine rings is 1. The highest BCUT2D eigenvalue weighted by atomic mass is 16.3. The molecule has 0 amide bonds. The van der Waals surface area contributed by atoms with Gasteiger partial charge >= 0.3 is 0 Å². The first kappa shape index (κ1) is 12.2. The monoisotopic (exact) mass is 229 g/mol. The molecule has 1 atom stereocenters. The summed E-state index contributed by atoms with van der Waals surface area (Å²) in [6, 6.07) is 10.3. The zero-order valence-electron chi connectivity index (χ0n) is 10.1. The van der Waals surface area contributed by atoms with Gasteiger partial charge in [0.15, 0.2) is 0 Å². The van der Waals surface area contributed by atoms with Crippen molar-refractivity contribution < 1.29 is 5.11 Å². The lowest BCUT2D eigenvalue weighted by atomic mass is 9.75. The molecule has 1 aromatic rings. The van der Waals surface area contributed by atoms with Gasteiger partial charge in [-0.2, -0.15) is 0 Å². The molecule has 1 heterocycles. The van der Waals surface area contributed by atoms with Crippen molar-refractivity contribution >= 4 is 0 Å². The third kappa shape index (κ3) is 2.52. The maximum atomic E-state index is 9.80. The lowest BCUT2D eigenvalue weighted by Crippen LogP contribution is -2.48. The number of terminal acetylenes is 1. The van der Waals surface area contributed by atoms with Gasteiger partial charge in [0.1, 0.15) is 0 Å². The predicted molar refractivity (Wildman–Crippen MR) is 69.7 cm³/mol. The van der Waals surface area contributed by atoms with Gasteiger partial charge in [-0.3, -0.25) is 4.90 Å². The van der Waals surface area contributed by atoms with E-state index in [1.54, 1.807) is 0 Å².